The number of benzene rings is 3. The number of nitrogens with one attached hydrogen (secondary N) is 1. The fourth-order valence-electron chi connectivity index (χ4n) is 4.53. The SMILES string of the molecule is COc1ccc([N+](=O)[O-])cc1NC(=O)[C@@H]1c2ccccc2C(=O)N(C)[C@@H]1c1ccc(OC)c(OC)c1. The normalized spacial score (nSPS) is 16.7. The summed E-state index contributed by atoms with van der Waals surface area (Å²) in [7, 11) is 6.07. The Kier molecular flexibility index (Phi) is 6.77. The number of likely N-dealkylation sites (N-methyl/N-ethyl adjacent to an activating group) is 1. The number of carbonyl (C=O) groups excluding carboxylic acids is 2. The first-order chi connectivity index (χ1) is 17.3. The molecule has 10 nitrogen and oxygen atoms in total. The lowest BCUT2D eigenvalue weighted by Gasteiger charge is -2.40. The predicted molar refractivity (Wildman–Crippen MR) is 132 cm³/mol. The molecule has 3 aromatic rings. The summed E-state index contributed by atoms with van der Waals surface area (Å²) in [6.07, 6.45) is 0. The maximum Gasteiger partial charge on any atom is 0.271 e. The van der Waals surface area contributed by atoms with Gasteiger partial charge in [-0.05, 0) is 35.4 Å². The number of nitro groups is 1. The summed E-state index contributed by atoms with van der Waals surface area (Å²) < 4.78 is 16.1. The predicted octanol–water partition coefficient (Wildman–Crippen LogP) is 4.17. The first kappa shape index (κ1) is 24.5. The number of anilines is 1. The molecule has 0 aromatic heterocycles. The van der Waals surface area contributed by atoms with E-state index in [0.29, 0.717) is 28.2 Å². The van der Waals surface area contributed by atoms with E-state index in [1.54, 1.807) is 49.5 Å². The first-order valence-corrected chi connectivity index (χ1v) is 11.0. The van der Waals surface area contributed by atoms with Crippen LogP contribution in [0, 0.1) is 10.1 Å². The van der Waals surface area contributed by atoms with Gasteiger partial charge in [0.25, 0.3) is 11.6 Å². The van der Waals surface area contributed by atoms with Crippen LogP contribution < -0.4 is 19.5 Å². The second-order valence-corrected chi connectivity index (χ2v) is 8.17. The average molecular weight is 492 g/mol. The summed E-state index contributed by atoms with van der Waals surface area (Å²) in [5, 5.41) is 14.1. The Hall–Kier alpha value is -4.60. The van der Waals surface area contributed by atoms with Crippen molar-refractivity contribution in [3.8, 4) is 17.2 Å². The minimum atomic E-state index is -0.842. The van der Waals surface area contributed by atoms with E-state index >= 15 is 0 Å². The summed E-state index contributed by atoms with van der Waals surface area (Å²) in [4.78, 5) is 39.4. The number of fused-ring (bicyclic) bond motifs is 1. The number of methoxy groups -OCH3 is 3. The van der Waals surface area contributed by atoms with Gasteiger partial charge in [-0.25, -0.2) is 0 Å². The molecule has 0 fully saturated rings. The fourth-order valence-corrected chi connectivity index (χ4v) is 4.53. The number of nitro benzene ring substituents is 1. The third-order valence-electron chi connectivity index (χ3n) is 6.26. The van der Waals surface area contributed by atoms with E-state index in [1.807, 2.05) is 0 Å². The summed E-state index contributed by atoms with van der Waals surface area (Å²) >= 11 is 0. The van der Waals surface area contributed by atoms with E-state index in [-0.39, 0.29) is 23.0 Å². The average Bonchev–Trinajstić information content (AvgIpc) is 2.89. The molecule has 0 saturated carbocycles. The van der Waals surface area contributed by atoms with Gasteiger partial charge in [-0.15, -0.1) is 0 Å². The number of hydrogen-bond acceptors (Lipinski definition) is 7. The van der Waals surface area contributed by atoms with Crippen molar-refractivity contribution in [2.24, 2.45) is 0 Å². The van der Waals surface area contributed by atoms with Crippen LogP contribution >= 0.6 is 0 Å². The van der Waals surface area contributed by atoms with Gasteiger partial charge in [0.1, 0.15) is 5.75 Å². The molecular weight excluding hydrogens is 466 g/mol. The molecule has 4 rings (SSSR count). The molecule has 0 radical (unpaired) electrons. The molecule has 0 aliphatic carbocycles. The van der Waals surface area contributed by atoms with Gasteiger partial charge in [0.05, 0.1) is 43.9 Å². The first-order valence-electron chi connectivity index (χ1n) is 11.0. The maximum absolute atomic E-state index is 13.9. The highest BCUT2D eigenvalue weighted by Gasteiger charge is 2.43. The standard InChI is InChI=1S/C26H25N3O7/c1-28-24(15-9-11-21(35-3)22(13-15)36-4)23(17-7-5-6-8-18(17)26(28)31)25(30)27-19-14-16(29(32)33)10-12-20(19)34-2/h5-14,23-24H,1-4H3,(H,27,30)/t23-,24-/m1/s1. The van der Waals surface area contributed by atoms with Crippen molar-refractivity contribution in [3.63, 3.8) is 0 Å². The maximum atomic E-state index is 13.9. The smallest absolute Gasteiger partial charge is 0.271 e. The lowest BCUT2D eigenvalue weighted by atomic mass is 9.79. The van der Waals surface area contributed by atoms with Gasteiger partial charge >= 0.3 is 0 Å². The number of nitrogens with zero attached hydrogens (tertiary/aromatic N) is 2. The van der Waals surface area contributed by atoms with Crippen LogP contribution in [0.3, 0.4) is 0 Å². The van der Waals surface area contributed by atoms with Crippen molar-refractivity contribution in [2.75, 3.05) is 33.7 Å². The Labute approximate surface area is 207 Å². The van der Waals surface area contributed by atoms with Gasteiger partial charge in [0.15, 0.2) is 11.5 Å². The monoisotopic (exact) mass is 491 g/mol. The minimum Gasteiger partial charge on any atom is -0.495 e. The Bertz CT molecular complexity index is 1340. The molecule has 0 unspecified atom stereocenters. The molecule has 1 N–H and O–H groups in total. The van der Waals surface area contributed by atoms with Crippen LogP contribution in [-0.4, -0.2) is 50.0 Å². The largest absolute Gasteiger partial charge is 0.495 e. The van der Waals surface area contributed by atoms with Crippen molar-refractivity contribution >= 4 is 23.2 Å². The number of hydrogen-bond donors (Lipinski definition) is 1. The zero-order valence-corrected chi connectivity index (χ0v) is 20.2. The third-order valence-corrected chi connectivity index (χ3v) is 6.26. The van der Waals surface area contributed by atoms with E-state index in [9.17, 15) is 19.7 Å². The van der Waals surface area contributed by atoms with Crippen LogP contribution in [0.4, 0.5) is 11.4 Å². The summed E-state index contributed by atoms with van der Waals surface area (Å²) in [6.45, 7) is 0. The number of carbonyl (C=O) groups is 2. The Balaban J connectivity index is 1.84. The van der Waals surface area contributed by atoms with Gasteiger partial charge in [-0.3, -0.25) is 19.7 Å². The molecule has 1 aliphatic heterocycles. The number of ether oxygens (including phenoxy) is 3. The summed E-state index contributed by atoms with van der Waals surface area (Å²) in [6, 6.07) is 15.4. The fraction of sp³-hybridized carbons (Fsp3) is 0.231. The van der Waals surface area contributed by atoms with Crippen LogP contribution in [0.1, 0.15) is 33.4 Å². The van der Waals surface area contributed by atoms with E-state index < -0.39 is 22.8 Å². The number of non-ortho nitro benzene ring substituents is 1. The van der Waals surface area contributed by atoms with Gasteiger partial charge < -0.3 is 24.4 Å². The third kappa shape index (κ3) is 4.28. The Morgan fingerprint density at radius 1 is 0.944 bits per heavy atom. The molecule has 2 atom stereocenters. The van der Waals surface area contributed by atoms with Crippen LogP contribution in [0.2, 0.25) is 0 Å². The van der Waals surface area contributed by atoms with Gasteiger partial charge in [-0.1, -0.05) is 24.3 Å². The van der Waals surface area contributed by atoms with E-state index in [2.05, 4.69) is 5.32 Å². The molecule has 0 spiro atoms. The van der Waals surface area contributed by atoms with Crippen molar-refractivity contribution < 1.29 is 28.7 Å². The van der Waals surface area contributed by atoms with Crippen LogP contribution in [-0.2, 0) is 4.79 Å². The molecular formula is C26H25N3O7. The van der Waals surface area contributed by atoms with E-state index in [4.69, 9.17) is 14.2 Å². The molecule has 36 heavy (non-hydrogen) atoms. The molecule has 2 amide bonds. The minimum absolute atomic E-state index is 0.153. The molecule has 0 bridgehead atoms. The Morgan fingerprint density at radius 2 is 1.61 bits per heavy atom. The highest BCUT2D eigenvalue weighted by atomic mass is 16.6. The summed E-state index contributed by atoms with van der Waals surface area (Å²) in [5.41, 5.74) is 1.56. The van der Waals surface area contributed by atoms with Gasteiger partial charge in [-0.2, -0.15) is 0 Å². The molecule has 186 valence electrons. The van der Waals surface area contributed by atoms with Crippen LogP contribution in [0.25, 0.3) is 0 Å². The quantitative estimate of drug-likeness (QED) is 0.389. The number of rotatable bonds is 7. The molecule has 1 aliphatic rings. The van der Waals surface area contributed by atoms with E-state index in [1.165, 1.54) is 44.4 Å². The Morgan fingerprint density at radius 3 is 2.28 bits per heavy atom. The zero-order chi connectivity index (χ0) is 26.0. The van der Waals surface area contributed by atoms with Crippen LogP contribution in [0.5, 0.6) is 17.2 Å². The second kappa shape index (κ2) is 9.95. The van der Waals surface area contributed by atoms with Gasteiger partial charge in [0, 0.05) is 24.7 Å². The highest BCUT2D eigenvalue weighted by Crippen LogP contribution is 2.44. The molecule has 10 heteroatoms. The molecule has 0 saturated heterocycles. The van der Waals surface area contributed by atoms with E-state index in [0.717, 1.165) is 0 Å². The highest BCUT2D eigenvalue weighted by molar-refractivity contribution is 6.04. The van der Waals surface area contributed by atoms with Crippen molar-refractivity contribution in [2.45, 2.75) is 12.0 Å². The van der Waals surface area contributed by atoms with Crippen molar-refractivity contribution in [1.82, 2.24) is 4.90 Å². The number of amides is 2. The van der Waals surface area contributed by atoms with Crippen molar-refractivity contribution in [3.05, 3.63) is 87.5 Å². The lowest BCUT2D eigenvalue weighted by molar-refractivity contribution is -0.384. The van der Waals surface area contributed by atoms with Gasteiger partial charge in [0.2, 0.25) is 5.91 Å². The lowest BCUT2D eigenvalue weighted by Crippen LogP contribution is -2.44. The zero-order valence-electron chi connectivity index (χ0n) is 20.2. The molecule has 3 aromatic carbocycles. The topological polar surface area (TPSA) is 120 Å². The van der Waals surface area contributed by atoms with Crippen LogP contribution in [0.15, 0.2) is 60.7 Å². The second-order valence-electron chi connectivity index (χ2n) is 8.17. The molecule has 1 heterocycles. The van der Waals surface area contributed by atoms with Crippen molar-refractivity contribution in [1.29, 1.82) is 0 Å². The summed E-state index contributed by atoms with van der Waals surface area (Å²) in [5.74, 6) is -0.304.